The van der Waals surface area contributed by atoms with E-state index < -0.39 is 5.97 Å². The van der Waals surface area contributed by atoms with Crippen molar-refractivity contribution in [2.45, 2.75) is 6.92 Å². The number of aromatic carboxylic acids is 1. The highest BCUT2D eigenvalue weighted by Gasteiger charge is 2.17. The van der Waals surface area contributed by atoms with Gasteiger partial charge in [-0.25, -0.2) is 4.79 Å². The molecular formula is C20H17NO2S. The van der Waals surface area contributed by atoms with E-state index in [1.165, 1.54) is 16.9 Å². The molecule has 0 aliphatic carbocycles. The summed E-state index contributed by atoms with van der Waals surface area (Å²) in [6, 6.07) is 19.6. The second-order valence-corrected chi connectivity index (χ2v) is 6.55. The number of aryl methyl sites for hydroxylation is 1. The predicted octanol–water partition coefficient (Wildman–Crippen LogP) is 5.50. The van der Waals surface area contributed by atoms with Gasteiger partial charge in [-0.3, -0.25) is 0 Å². The zero-order valence-electron chi connectivity index (χ0n) is 13.2. The molecule has 0 saturated heterocycles. The van der Waals surface area contributed by atoms with Crippen LogP contribution in [0.2, 0.25) is 0 Å². The monoisotopic (exact) mass is 335 g/mol. The molecule has 120 valence electrons. The number of carboxylic acids is 1. The lowest BCUT2D eigenvalue weighted by atomic mass is 10.1. The van der Waals surface area contributed by atoms with Gasteiger partial charge in [0.05, 0.1) is 5.69 Å². The van der Waals surface area contributed by atoms with Gasteiger partial charge in [0.1, 0.15) is 4.88 Å². The lowest BCUT2D eigenvalue weighted by Crippen LogP contribution is -2.02. The average Bonchev–Trinajstić information content (AvgIpc) is 3.00. The molecule has 2 aromatic carbocycles. The molecule has 0 aliphatic heterocycles. The molecule has 0 aliphatic rings. The van der Waals surface area contributed by atoms with Crippen LogP contribution in [0.3, 0.4) is 0 Å². The van der Waals surface area contributed by atoms with Crippen LogP contribution in [0.25, 0.3) is 16.1 Å². The SMILES string of the molecule is C=C(Nc1cc(-c2ccccc2)sc1C(=O)O)c1ccc(C)cc1. The Morgan fingerprint density at radius 3 is 2.38 bits per heavy atom. The Bertz CT molecular complexity index is 880. The number of hydrogen-bond acceptors (Lipinski definition) is 3. The summed E-state index contributed by atoms with van der Waals surface area (Å²) in [6.07, 6.45) is 0. The summed E-state index contributed by atoms with van der Waals surface area (Å²) >= 11 is 1.26. The van der Waals surface area contributed by atoms with Gasteiger partial charge in [0.25, 0.3) is 0 Å². The normalized spacial score (nSPS) is 10.4. The van der Waals surface area contributed by atoms with Crippen LogP contribution in [0, 0.1) is 6.92 Å². The van der Waals surface area contributed by atoms with Gasteiger partial charge >= 0.3 is 5.97 Å². The zero-order chi connectivity index (χ0) is 17.1. The van der Waals surface area contributed by atoms with Gasteiger partial charge in [-0.05, 0) is 24.1 Å². The standard InChI is InChI=1S/C20H17NO2S/c1-13-8-10-15(11-9-13)14(2)21-17-12-18(24-19(17)20(22)23)16-6-4-3-5-7-16/h3-12,21H,2H2,1H3,(H,22,23). The highest BCUT2D eigenvalue weighted by molar-refractivity contribution is 7.18. The molecule has 1 heterocycles. The van der Waals surface area contributed by atoms with Gasteiger partial charge in [0, 0.05) is 10.6 Å². The van der Waals surface area contributed by atoms with Crippen LogP contribution in [0.5, 0.6) is 0 Å². The van der Waals surface area contributed by atoms with Crippen molar-refractivity contribution in [1.29, 1.82) is 0 Å². The van der Waals surface area contributed by atoms with E-state index in [0.717, 1.165) is 16.0 Å². The van der Waals surface area contributed by atoms with E-state index in [0.29, 0.717) is 11.4 Å². The predicted molar refractivity (Wildman–Crippen MR) is 101 cm³/mol. The van der Waals surface area contributed by atoms with Crippen molar-refractivity contribution >= 4 is 28.7 Å². The zero-order valence-corrected chi connectivity index (χ0v) is 14.1. The van der Waals surface area contributed by atoms with Gasteiger partial charge in [-0.1, -0.05) is 66.7 Å². The maximum absolute atomic E-state index is 11.6. The molecule has 0 atom stereocenters. The summed E-state index contributed by atoms with van der Waals surface area (Å²) < 4.78 is 0. The molecule has 0 fully saturated rings. The third kappa shape index (κ3) is 3.39. The van der Waals surface area contributed by atoms with Crippen LogP contribution in [0.4, 0.5) is 5.69 Å². The quantitative estimate of drug-likeness (QED) is 0.647. The maximum Gasteiger partial charge on any atom is 0.348 e. The van der Waals surface area contributed by atoms with Crippen molar-refractivity contribution in [3.63, 3.8) is 0 Å². The molecule has 0 bridgehead atoms. The summed E-state index contributed by atoms with van der Waals surface area (Å²) in [7, 11) is 0. The highest BCUT2D eigenvalue weighted by atomic mass is 32.1. The summed E-state index contributed by atoms with van der Waals surface area (Å²) in [6.45, 7) is 6.05. The number of carboxylic acid groups (broad SMARTS) is 1. The highest BCUT2D eigenvalue weighted by Crippen LogP contribution is 2.36. The molecule has 0 radical (unpaired) electrons. The largest absolute Gasteiger partial charge is 0.477 e. The van der Waals surface area contributed by atoms with Crippen LogP contribution in [-0.2, 0) is 0 Å². The lowest BCUT2D eigenvalue weighted by Gasteiger charge is -2.09. The molecule has 1 aromatic heterocycles. The van der Waals surface area contributed by atoms with E-state index in [-0.39, 0.29) is 4.88 Å². The lowest BCUT2D eigenvalue weighted by molar-refractivity contribution is 0.0703. The van der Waals surface area contributed by atoms with E-state index >= 15 is 0 Å². The van der Waals surface area contributed by atoms with Crippen molar-refractivity contribution < 1.29 is 9.90 Å². The third-order valence-electron chi connectivity index (χ3n) is 3.67. The number of nitrogens with one attached hydrogen (secondary N) is 1. The summed E-state index contributed by atoms with van der Waals surface area (Å²) in [5, 5.41) is 12.6. The molecule has 3 nitrogen and oxygen atoms in total. The van der Waals surface area contributed by atoms with Crippen LogP contribution in [-0.4, -0.2) is 11.1 Å². The van der Waals surface area contributed by atoms with E-state index in [9.17, 15) is 9.90 Å². The average molecular weight is 335 g/mol. The van der Waals surface area contributed by atoms with Crippen molar-refractivity contribution in [1.82, 2.24) is 0 Å². The summed E-state index contributed by atoms with van der Waals surface area (Å²) in [5.74, 6) is -0.943. The third-order valence-corrected chi connectivity index (χ3v) is 4.84. The maximum atomic E-state index is 11.6. The number of anilines is 1. The number of hydrogen-bond donors (Lipinski definition) is 2. The molecule has 0 unspecified atom stereocenters. The molecule has 0 spiro atoms. The fraction of sp³-hybridized carbons (Fsp3) is 0.0500. The minimum absolute atomic E-state index is 0.280. The van der Waals surface area contributed by atoms with Gasteiger partial charge < -0.3 is 10.4 Å². The molecule has 24 heavy (non-hydrogen) atoms. The molecular weight excluding hydrogens is 318 g/mol. The Balaban J connectivity index is 1.92. The number of carbonyl (C=O) groups is 1. The van der Waals surface area contributed by atoms with E-state index in [1.807, 2.05) is 67.6 Å². The second-order valence-electron chi connectivity index (χ2n) is 5.49. The molecule has 0 amide bonds. The van der Waals surface area contributed by atoms with Crippen molar-refractivity contribution in [2.24, 2.45) is 0 Å². The summed E-state index contributed by atoms with van der Waals surface area (Å²) in [4.78, 5) is 12.8. The first-order chi connectivity index (χ1) is 11.5. The van der Waals surface area contributed by atoms with Gasteiger partial charge in [0.15, 0.2) is 0 Å². The molecule has 3 rings (SSSR count). The smallest absolute Gasteiger partial charge is 0.348 e. The number of benzene rings is 2. The number of thiophene rings is 1. The second kappa shape index (κ2) is 6.72. The Hall–Kier alpha value is -2.85. The minimum atomic E-state index is -0.943. The first-order valence-electron chi connectivity index (χ1n) is 7.50. The fourth-order valence-corrected chi connectivity index (χ4v) is 3.33. The number of rotatable bonds is 5. The van der Waals surface area contributed by atoms with Crippen LogP contribution in [0.15, 0.2) is 67.2 Å². The topological polar surface area (TPSA) is 49.3 Å². The Morgan fingerprint density at radius 1 is 1.08 bits per heavy atom. The van der Waals surface area contributed by atoms with Crippen LogP contribution in [0.1, 0.15) is 20.8 Å². The van der Waals surface area contributed by atoms with Crippen LogP contribution >= 0.6 is 11.3 Å². The Labute approximate surface area is 144 Å². The molecule has 0 saturated carbocycles. The van der Waals surface area contributed by atoms with Crippen molar-refractivity contribution in [3.05, 3.63) is 83.2 Å². The van der Waals surface area contributed by atoms with Gasteiger partial charge in [-0.15, -0.1) is 11.3 Å². The summed E-state index contributed by atoms with van der Waals surface area (Å²) in [5.41, 5.74) is 4.34. The van der Waals surface area contributed by atoms with Crippen molar-refractivity contribution in [3.8, 4) is 10.4 Å². The van der Waals surface area contributed by atoms with E-state index in [1.54, 1.807) is 0 Å². The molecule has 4 heteroatoms. The first kappa shape index (κ1) is 16.0. The van der Waals surface area contributed by atoms with Gasteiger partial charge in [-0.2, -0.15) is 0 Å². The Morgan fingerprint density at radius 2 is 1.75 bits per heavy atom. The van der Waals surface area contributed by atoms with E-state index in [4.69, 9.17) is 0 Å². The first-order valence-corrected chi connectivity index (χ1v) is 8.32. The molecule has 2 N–H and O–H groups in total. The minimum Gasteiger partial charge on any atom is -0.477 e. The fourth-order valence-electron chi connectivity index (χ4n) is 2.38. The van der Waals surface area contributed by atoms with Crippen LogP contribution < -0.4 is 5.32 Å². The Kier molecular flexibility index (Phi) is 4.49. The van der Waals surface area contributed by atoms with Gasteiger partial charge in [0.2, 0.25) is 0 Å². The van der Waals surface area contributed by atoms with E-state index in [2.05, 4.69) is 11.9 Å². The van der Waals surface area contributed by atoms with Crippen molar-refractivity contribution in [2.75, 3.05) is 5.32 Å². The molecule has 3 aromatic rings.